The number of aromatic nitrogens is 2. The maximum Gasteiger partial charge on any atom is 0.417 e. The molecule has 170 valence electrons. The van der Waals surface area contributed by atoms with E-state index in [-0.39, 0.29) is 37.6 Å². The van der Waals surface area contributed by atoms with Crippen molar-refractivity contribution in [1.29, 1.82) is 0 Å². The summed E-state index contributed by atoms with van der Waals surface area (Å²) in [6, 6.07) is 2.51. The van der Waals surface area contributed by atoms with Gasteiger partial charge in [0.1, 0.15) is 0 Å². The Labute approximate surface area is 183 Å². The Bertz CT molecular complexity index is 1090. The van der Waals surface area contributed by atoms with Crippen molar-refractivity contribution in [1.82, 2.24) is 19.0 Å². The molecule has 0 spiro atoms. The standard InChI is InChI=1S/C19H22ClF3N4O3S/c1-18(2,3)27-12-13(11-24-27)17(28)25-6-8-26(9-7-25)31(29,30)14-4-5-16(20)15(10-14)19(21,22)23/h4-5,10-12H,6-9H2,1-3H3. The Morgan fingerprint density at radius 2 is 1.71 bits per heavy atom. The van der Waals surface area contributed by atoms with Crippen LogP contribution in [0.3, 0.4) is 0 Å². The van der Waals surface area contributed by atoms with E-state index in [0.29, 0.717) is 11.6 Å². The lowest BCUT2D eigenvalue weighted by atomic mass is 10.1. The fourth-order valence-corrected chi connectivity index (χ4v) is 4.82. The Balaban J connectivity index is 1.73. The summed E-state index contributed by atoms with van der Waals surface area (Å²) in [5.41, 5.74) is -1.11. The van der Waals surface area contributed by atoms with Crippen molar-refractivity contribution in [2.45, 2.75) is 37.4 Å². The lowest BCUT2D eigenvalue weighted by molar-refractivity contribution is -0.137. The van der Waals surface area contributed by atoms with Crippen molar-refractivity contribution in [3.63, 3.8) is 0 Å². The number of hydrogen-bond acceptors (Lipinski definition) is 4. The van der Waals surface area contributed by atoms with Gasteiger partial charge in [0.2, 0.25) is 10.0 Å². The van der Waals surface area contributed by atoms with Gasteiger partial charge in [-0.15, -0.1) is 0 Å². The van der Waals surface area contributed by atoms with Crippen molar-refractivity contribution in [3.8, 4) is 0 Å². The third kappa shape index (κ3) is 4.88. The number of nitrogens with zero attached hydrogens (tertiary/aromatic N) is 4. The summed E-state index contributed by atoms with van der Waals surface area (Å²) in [5.74, 6) is -0.279. The molecule has 0 atom stereocenters. The Hall–Kier alpha value is -2.11. The normalized spacial score (nSPS) is 16.5. The maximum atomic E-state index is 13.1. The molecule has 0 aliphatic carbocycles. The summed E-state index contributed by atoms with van der Waals surface area (Å²) < 4.78 is 67.7. The molecular weight excluding hydrogens is 457 g/mol. The van der Waals surface area contributed by atoms with E-state index in [9.17, 15) is 26.4 Å². The van der Waals surface area contributed by atoms with Crippen LogP contribution in [0.15, 0.2) is 35.5 Å². The van der Waals surface area contributed by atoms with Gasteiger partial charge < -0.3 is 4.90 Å². The van der Waals surface area contributed by atoms with Crippen LogP contribution in [-0.4, -0.2) is 59.5 Å². The van der Waals surface area contributed by atoms with E-state index in [1.807, 2.05) is 20.8 Å². The summed E-state index contributed by atoms with van der Waals surface area (Å²) in [6.07, 6.45) is -1.67. The van der Waals surface area contributed by atoms with E-state index in [0.717, 1.165) is 16.4 Å². The Morgan fingerprint density at radius 1 is 1.10 bits per heavy atom. The predicted molar refractivity (Wildman–Crippen MR) is 108 cm³/mol. The van der Waals surface area contributed by atoms with Gasteiger partial charge in [0.05, 0.1) is 32.8 Å². The highest BCUT2D eigenvalue weighted by molar-refractivity contribution is 7.89. The van der Waals surface area contributed by atoms with Crippen molar-refractivity contribution < 1.29 is 26.4 Å². The number of benzene rings is 1. The van der Waals surface area contributed by atoms with Crippen LogP contribution >= 0.6 is 11.6 Å². The first-order valence-corrected chi connectivity index (χ1v) is 11.2. The van der Waals surface area contributed by atoms with E-state index in [1.54, 1.807) is 10.9 Å². The third-order valence-electron chi connectivity index (χ3n) is 4.92. The molecule has 1 saturated heterocycles. The van der Waals surface area contributed by atoms with Gasteiger partial charge in [-0.25, -0.2) is 8.42 Å². The van der Waals surface area contributed by atoms with Crippen LogP contribution in [0.5, 0.6) is 0 Å². The molecule has 7 nitrogen and oxygen atoms in total. The van der Waals surface area contributed by atoms with Crippen molar-refractivity contribution >= 4 is 27.5 Å². The van der Waals surface area contributed by atoms with Gasteiger partial charge in [0.15, 0.2) is 0 Å². The lowest BCUT2D eigenvalue weighted by Crippen LogP contribution is -2.50. The lowest BCUT2D eigenvalue weighted by Gasteiger charge is -2.34. The van der Waals surface area contributed by atoms with Gasteiger partial charge >= 0.3 is 6.18 Å². The van der Waals surface area contributed by atoms with E-state index in [2.05, 4.69) is 5.10 Å². The fraction of sp³-hybridized carbons (Fsp3) is 0.474. The zero-order valence-electron chi connectivity index (χ0n) is 17.1. The Kier molecular flexibility index (Phi) is 6.16. The highest BCUT2D eigenvalue weighted by Gasteiger charge is 2.36. The second kappa shape index (κ2) is 8.10. The number of piperazine rings is 1. The highest BCUT2D eigenvalue weighted by atomic mass is 35.5. The number of hydrogen-bond donors (Lipinski definition) is 0. The van der Waals surface area contributed by atoms with Crippen LogP contribution in [0.25, 0.3) is 0 Å². The number of carbonyl (C=O) groups is 1. The number of sulfonamides is 1. The number of carbonyl (C=O) groups excluding carboxylic acids is 1. The average Bonchev–Trinajstić information content (AvgIpc) is 3.17. The first-order chi connectivity index (χ1) is 14.2. The molecular formula is C19H22ClF3N4O3S. The molecule has 1 fully saturated rings. The molecule has 0 radical (unpaired) electrons. The smallest absolute Gasteiger partial charge is 0.336 e. The summed E-state index contributed by atoms with van der Waals surface area (Å²) in [7, 11) is -4.17. The van der Waals surface area contributed by atoms with Crippen LogP contribution in [0.1, 0.15) is 36.7 Å². The SMILES string of the molecule is CC(C)(C)n1cc(C(=O)N2CCN(S(=O)(=O)c3ccc(Cl)c(C(F)(F)F)c3)CC2)cn1. The summed E-state index contributed by atoms with van der Waals surface area (Å²) in [6.45, 7) is 5.98. The quantitative estimate of drug-likeness (QED) is 0.677. The first-order valence-electron chi connectivity index (χ1n) is 9.42. The molecule has 2 heterocycles. The number of rotatable bonds is 3. The van der Waals surface area contributed by atoms with Gasteiger partial charge in [-0.1, -0.05) is 11.6 Å². The molecule has 1 aliphatic rings. The van der Waals surface area contributed by atoms with Crippen molar-refractivity contribution in [2.24, 2.45) is 0 Å². The zero-order valence-corrected chi connectivity index (χ0v) is 18.7. The number of alkyl halides is 3. The largest absolute Gasteiger partial charge is 0.417 e. The van der Waals surface area contributed by atoms with Crippen LogP contribution in [0, 0.1) is 0 Å². The monoisotopic (exact) mass is 478 g/mol. The topological polar surface area (TPSA) is 75.5 Å². The summed E-state index contributed by atoms with van der Waals surface area (Å²) in [4.78, 5) is 13.7. The first kappa shape index (κ1) is 23.6. The number of halogens is 4. The molecule has 1 aromatic carbocycles. The van der Waals surface area contributed by atoms with Crippen molar-refractivity contribution in [3.05, 3.63) is 46.7 Å². The molecule has 0 bridgehead atoms. The van der Waals surface area contributed by atoms with Gasteiger partial charge in [0, 0.05) is 32.4 Å². The van der Waals surface area contributed by atoms with Crippen LogP contribution < -0.4 is 0 Å². The van der Waals surface area contributed by atoms with Gasteiger partial charge in [0.25, 0.3) is 5.91 Å². The van der Waals surface area contributed by atoms with E-state index < -0.39 is 31.7 Å². The highest BCUT2D eigenvalue weighted by Crippen LogP contribution is 2.36. The van der Waals surface area contributed by atoms with Crippen LogP contribution in [0.2, 0.25) is 5.02 Å². The Morgan fingerprint density at radius 3 is 2.23 bits per heavy atom. The van der Waals surface area contributed by atoms with Crippen LogP contribution in [0.4, 0.5) is 13.2 Å². The van der Waals surface area contributed by atoms with E-state index >= 15 is 0 Å². The molecule has 0 unspecified atom stereocenters. The minimum atomic E-state index is -4.77. The van der Waals surface area contributed by atoms with E-state index in [4.69, 9.17) is 11.6 Å². The predicted octanol–water partition coefficient (Wildman–Crippen LogP) is 3.46. The average molecular weight is 479 g/mol. The van der Waals surface area contributed by atoms with Crippen LogP contribution in [-0.2, 0) is 21.7 Å². The second-order valence-electron chi connectivity index (χ2n) is 8.18. The van der Waals surface area contributed by atoms with Crippen molar-refractivity contribution in [2.75, 3.05) is 26.2 Å². The molecule has 1 aliphatic heterocycles. The van der Waals surface area contributed by atoms with Gasteiger partial charge in [-0.2, -0.15) is 22.6 Å². The fourth-order valence-electron chi connectivity index (χ4n) is 3.15. The maximum absolute atomic E-state index is 13.1. The minimum absolute atomic E-state index is 0.0363. The molecule has 31 heavy (non-hydrogen) atoms. The molecule has 3 rings (SSSR count). The molecule has 2 aromatic rings. The second-order valence-corrected chi connectivity index (χ2v) is 10.5. The summed E-state index contributed by atoms with van der Waals surface area (Å²) in [5, 5.41) is 3.62. The van der Waals surface area contributed by atoms with Gasteiger partial charge in [-0.05, 0) is 39.0 Å². The van der Waals surface area contributed by atoms with E-state index in [1.165, 1.54) is 11.1 Å². The number of amides is 1. The zero-order chi connectivity index (χ0) is 23.2. The summed E-state index contributed by atoms with van der Waals surface area (Å²) >= 11 is 5.58. The van der Waals surface area contributed by atoms with Gasteiger partial charge in [-0.3, -0.25) is 9.48 Å². The molecule has 1 aromatic heterocycles. The third-order valence-corrected chi connectivity index (χ3v) is 7.15. The molecule has 0 N–H and O–H groups in total. The molecule has 0 saturated carbocycles. The minimum Gasteiger partial charge on any atom is -0.336 e. The molecule has 1 amide bonds. The molecule has 12 heteroatoms.